The van der Waals surface area contributed by atoms with Gasteiger partial charge in [-0.1, -0.05) is 71.0 Å². The molecule has 4 nitrogen and oxygen atoms in total. The van der Waals surface area contributed by atoms with Gasteiger partial charge in [-0.2, -0.15) is 0 Å². The largest absolute Gasteiger partial charge is 0.472 e. The summed E-state index contributed by atoms with van der Waals surface area (Å²) >= 11 is 0. The third kappa shape index (κ3) is 6.59. The average Bonchev–Trinajstić information content (AvgIpc) is 2.73. The highest BCUT2D eigenvalue weighted by Gasteiger charge is 2.25. The second kappa shape index (κ2) is 11.6. The Labute approximate surface area is 177 Å². The fourth-order valence-electron chi connectivity index (χ4n) is 3.06. The lowest BCUT2D eigenvalue weighted by molar-refractivity contribution is -0.126. The van der Waals surface area contributed by atoms with Crippen molar-refractivity contribution in [1.82, 2.24) is 4.90 Å². The maximum Gasteiger partial charge on any atom is 0.259 e. The maximum absolute atomic E-state index is 12.7. The zero-order chi connectivity index (χ0) is 22.0. The van der Waals surface area contributed by atoms with E-state index in [1.54, 1.807) is 18.0 Å². The first kappa shape index (κ1) is 24.7. The highest BCUT2D eigenvalue weighted by molar-refractivity contribution is 5.96. The number of nitrogens with zero attached hydrogens (tertiary/aromatic N) is 2. The zero-order valence-electron chi connectivity index (χ0n) is 19.3. The molecule has 0 aliphatic rings. The molecule has 4 heteroatoms. The molecule has 0 radical (unpaired) electrons. The average molecular weight is 399 g/mol. The van der Waals surface area contributed by atoms with Crippen LogP contribution < -0.4 is 0 Å². The Bertz CT molecular complexity index is 726. The number of rotatable bonds is 11. The summed E-state index contributed by atoms with van der Waals surface area (Å²) in [6.45, 7) is 20.2. The van der Waals surface area contributed by atoms with Crippen molar-refractivity contribution in [2.24, 2.45) is 10.4 Å². The molecule has 0 aromatic heterocycles. The summed E-state index contributed by atoms with van der Waals surface area (Å²) in [5.74, 6) is 0.669. The molecule has 1 unspecified atom stereocenters. The molecule has 0 spiro atoms. The number of likely N-dealkylation sites (N-methyl/N-ethyl adjacent to an activating group) is 1. The van der Waals surface area contributed by atoms with Gasteiger partial charge in [0.1, 0.15) is 12.2 Å². The standard InChI is InChI=1S/C25H38N2O2/c1-9-22(24(28)27(12-4)13-5)23(26-11-3)29-18-20-14-16-21(17-15-20)19(6)25(7,8)10-2/h9,11,14-17,19H,1,10,12-13,18H2,2-8H3/b23-22-,26-11-. The first-order chi connectivity index (χ1) is 13.7. The minimum atomic E-state index is -0.114. The highest BCUT2D eigenvalue weighted by Crippen LogP contribution is 2.37. The van der Waals surface area contributed by atoms with Gasteiger partial charge < -0.3 is 9.64 Å². The number of ether oxygens (including phenoxy) is 1. The zero-order valence-corrected chi connectivity index (χ0v) is 19.3. The summed E-state index contributed by atoms with van der Waals surface area (Å²) in [4.78, 5) is 18.8. The molecular formula is C25H38N2O2. The lowest BCUT2D eigenvalue weighted by Gasteiger charge is -2.31. The predicted molar refractivity (Wildman–Crippen MR) is 123 cm³/mol. The number of hydrogen-bond donors (Lipinski definition) is 0. The van der Waals surface area contributed by atoms with E-state index in [0.717, 1.165) is 12.0 Å². The molecule has 0 aliphatic heterocycles. The number of aliphatic imine (C=N–C) groups is 1. The summed E-state index contributed by atoms with van der Waals surface area (Å²) in [5.41, 5.74) is 3.01. The summed E-state index contributed by atoms with van der Waals surface area (Å²) in [5, 5.41) is 0. The second-order valence-corrected chi connectivity index (χ2v) is 7.88. The molecule has 0 fully saturated rings. The van der Waals surface area contributed by atoms with Crippen molar-refractivity contribution in [1.29, 1.82) is 0 Å². The fourth-order valence-corrected chi connectivity index (χ4v) is 3.06. The minimum Gasteiger partial charge on any atom is -0.472 e. The Morgan fingerprint density at radius 2 is 1.79 bits per heavy atom. The van der Waals surface area contributed by atoms with Crippen molar-refractivity contribution in [3.05, 3.63) is 59.5 Å². The van der Waals surface area contributed by atoms with Crippen molar-refractivity contribution in [3.63, 3.8) is 0 Å². The Hall–Kier alpha value is -2.36. The molecule has 0 saturated heterocycles. The van der Waals surface area contributed by atoms with Crippen LogP contribution in [0.1, 0.15) is 71.9 Å². The van der Waals surface area contributed by atoms with Crippen LogP contribution >= 0.6 is 0 Å². The van der Waals surface area contributed by atoms with Crippen LogP contribution in [-0.2, 0) is 16.1 Å². The third-order valence-electron chi connectivity index (χ3n) is 5.90. The van der Waals surface area contributed by atoms with Gasteiger partial charge in [0.25, 0.3) is 5.91 Å². The highest BCUT2D eigenvalue weighted by atomic mass is 16.5. The van der Waals surface area contributed by atoms with Crippen LogP contribution in [0.4, 0.5) is 0 Å². The van der Waals surface area contributed by atoms with E-state index in [1.165, 1.54) is 11.6 Å². The van der Waals surface area contributed by atoms with Crippen molar-refractivity contribution >= 4 is 12.1 Å². The van der Waals surface area contributed by atoms with Crippen LogP contribution in [0.2, 0.25) is 0 Å². The summed E-state index contributed by atoms with van der Waals surface area (Å²) < 4.78 is 5.93. The molecule has 0 bridgehead atoms. The van der Waals surface area contributed by atoms with E-state index in [4.69, 9.17) is 4.74 Å². The third-order valence-corrected chi connectivity index (χ3v) is 5.90. The van der Waals surface area contributed by atoms with Crippen molar-refractivity contribution in [3.8, 4) is 0 Å². The maximum atomic E-state index is 12.7. The van der Waals surface area contributed by atoms with Crippen LogP contribution in [0.3, 0.4) is 0 Å². The fraction of sp³-hybridized carbons (Fsp3) is 0.520. The quantitative estimate of drug-likeness (QED) is 0.196. The van der Waals surface area contributed by atoms with Gasteiger partial charge in [-0.25, -0.2) is 4.99 Å². The van der Waals surface area contributed by atoms with Crippen LogP contribution in [0.25, 0.3) is 0 Å². The van der Waals surface area contributed by atoms with E-state index < -0.39 is 0 Å². The van der Waals surface area contributed by atoms with Gasteiger partial charge in [0, 0.05) is 19.3 Å². The molecule has 1 aromatic rings. The molecule has 160 valence electrons. The van der Waals surface area contributed by atoms with E-state index in [2.05, 4.69) is 63.5 Å². The first-order valence-corrected chi connectivity index (χ1v) is 10.6. The van der Waals surface area contributed by atoms with Crippen molar-refractivity contribution in [2.75, 3.05) is 13.1 Å². The SMILES string of the molecule is C=C/C(C(=O)N(CC)CC)=C(\N=C/C)OCc1ccc(C(C)C(C)(C)CC)cc1. The predicted octanol–water partition coefficient (Wildman–Crippen LogP) is 6.10. The molecule has 29 heavy (non-hydrogen) atoms. The number of hydrogen-bond acceptors (Lipinski definition) is 3. The molecule has 0 N–H and O–H groups in total. The smallest absolute Gasteiger partial charge is 0.259 e. The van der Waals surface area contributed by atoms with Gasteiger partial charge in [-0.05, 0) is 43.2 Å². The van der Waals surface area contributed by atoms with Gasteiger partial charge in [0.2, 0.25) is 5.88 Å². The van der Waals surface area contributed by atoms with Crippen LogP contribution in [0.5, 0.6) is 0 Å². The summed E-state index contributed by atoms with van der Waals surface area (Å²) in [6, 6.07) is 8.51. The molecule has 0 saturated carbocycles. The van der Waals surface area contributed by atoms with Crippen LogP contribution in [0.15, 0.2) is 53.4 Å². The van der Waals surface area contributed by atoms with E-state index in [-0.39, 0.29) is 11.3 Å². The topological polar surface area (TPSA) is 41.9 Å². The lowest BCUT2D eigenvalue weighted by Crippen LogP contribution is -2.32. The van der Waals surface area contributed by atoms with Gasteiger partial charge in [0.15, 0.2) is 0 Å². The molecule has 1 rings (SSSR count). The minimum absolute atomic E-state index is 0.114. The molecule has 1 aromatic carbocycles. The molecule has 0 heterocycles. The van der Waals surface area contributed by atoms with Crippen molar-refractivity contribution < 1.29 is 9.53 Å². The normalized spacial score (nSPS) is 13.8. The molecule has 1 atom stereocenters. The van der Waals surface area contributed by atoms with Gasteiger partial charge in [0.05, 0.1) is 0 Å². The molecule has 1 amide bonds. The second-order valence-electron chi connectivity index (χ2n) is 7.88. The van der Waals surface area contributed by atoms with E-state index >= 15 is 0 Å². The number of amides is 1. The lowest BCUT2D eigenvalue weighted by atomic mass is 9.74. The number of carbonyl (C=O) groups is 1. The molecule has 0 aliphatic carbocycles. The summed E-state index contributed by atoms with van der Waals surface area (Å²) in [7, 11) is 0. The van der Waals surface area contributed by atoms with E-state index in [9.17, 15) is 4.79 Å². The summed E-state index contributed by atoms with van der Waals surface area (Å²) in [6.07, 6.45) is 4.29. The van der Waals surface area contributed by atoms with Gasteiger partial charge >= 0.3 is 0 Å². The molecular weight excluding hydrogens is 360 g/mol. The first-order valence-electron chi connectivity index (χ1n) is 10.6. The Balaban J connectivity index is 3.02. The van der Waals surface area contributed by atoms with Crippen LogP contribution in [0, 0.1) is 5.41 Å². The number of benzene rings is 1. The van der Waals surface area contributed by atoms with E-state index in [1.807, 2.05) is 13.8 Å². The Kier molecular flexibility index (Phi) is 9.87. The number of carbonyl (C=O) groups excluding carboxylic acids is 1. The van der Waals surface area contributed by atoms with Gasteiger partial charge in [-0.15, -0.1) is 0 Å². The monoisotopic (exact) mass is 398 g/mol. The Morgan fingerprint density at radius 3 is 2.24 bits per heavy atom. The van der Waals surface area contributed by atoms with E-state index in [0.29, 0.717) is 37.1 Å². The van der Waals surface area contributed by atoms with Crippen molar-refractivity contribution in [2.45, 2.75) is 67.4 Å². The Morgan fingerprint density at radius 1 is 1.21 bits per heavy atom. The van der Waals surface area contributed by atoms with Crippen LogP contribution in [-0.4, -0.2) is 30.1 Å². The van der Waals surface area contributed by atoms with Gasteiger partial charge in [-0.3, -0.25) is 4.79 Å².